The van der Waals surface area contributed by atoms with E-state index < -0.39 is 0 Å². The second-order valence-electron chi connectivity index (χ2n) is 4.91. The van der Waals surface area contributed by atoms with Crippen LogP contribution in [0.15, 0.2) is 0 Å². The van der Waals surface area contributed by atoms with Gasteiger partial charge in [-0.15, -0.1) is 0 Å². The predicted octanol–water partition coefficient (Wildman–Crippen LogP) is 1.93. The van der Waals surface area contributed by atoms with Crippen molar-refractivity contribution in [2.75, 3.05) is 40.0 Å². The summed E-state index contributed by atoms with van der Waals surface area (Å²) in [6, 6.07) is 0. The molecule has 0 bridgehead atoms. The molecule has 7 heteroatoms. The standard InChI is InChI=1S/C8H13NO3.C6H12O2.C2H6.CH5N/c1-2-12-8(11)6-9-5-3-4-7(9)10;1-3-6(2)7-4-5-8-6;2*1-2/h2-6H2,1H3;3-5H2,1-2H3;1-2H3;2H2,1H3. The van der Waals surface area contributed by atoms with Crippen LogP contribution in [0.3, 0.4) is 0 Å². The Balaban J connectivity index is 0. The fourth-order valence-electron chi connectivity index (χ4n) is 1.99. The highest BCUT2D eigenvalue weighted by molar-refractivity contribution is 5.83. The number of carbonyl (C=O) groups is 2. The molecule has 0 unspecified atom stereocenters. The second kappa shape index (κ2) is 15.4. The molecule has 2 aliphatic heterocycles. The Hall–Kier alpha value is -1.18. The van der Waals surface area contributed by atoms with E-state index >= 15 is 0 Å². The first kappa shape index (κ1) is 25.1. The van der Waals surface area contributed by atoms with Gasteiger partial charge in [0.2, 0.25) is 5.91 Å². The molecule has 0 atom stereocenters. The van der Waals surface area contributed by atoms with Crippen LogP contribution in [-0.2, 0) is 23.8 Å². The summed E-state index contributed by atoms with van der Waals surface area (Å²) in [5.74, 6) is -0.518. The number of likely N-dealkylation sites (tertiary alicyclic amines) is 1. The molecule has 0 aromatic rings. The van der Waals surface area contributed by atoms with E-state index in [-0.39, 0.29) is 24.2 Å². The van der Waals surface area contributed by atoms with Crippen molar-refractivity contribution in [1.29, 1.82) is 0 Å². The zero-order valence-electron chi connectivity index (χ0n) is 16.2. The van der Waals surface area contributed by atoms with Gasteiger partial charge in [0.15, 0.2) is 5.79 Å². The third kappa shape index (κ3) is 10.6. The molecular weight excluding hydrogens is 312 g/mol. The number of hydrogen-bond acceptors (Lipinski definition) is 6. The molecule has 2 rings (SSSR count). The first-order valence-electron chi connectivity index (χ1n) is 8.79. The van der Waals surface area contributed by atoms with E-state index in [1.54, 1.807) is 6.92 Å². The number of hydrogen-bond donors (Lipinski definition) is 1. The van der Waals surface area contributed by atoms with Crippen LogP contribution in [-0.4, -0.2) is 62.5 Å². The minimum Gasteiger partial charge on any atom is -0.465 e. The first-order valence-corrected chi connectivity index (χ1v) is 8.79. The monoisotopic (exact) mass is 348 g/mol. The van der Waals surface area contributed by atoms with Crippen molar-refractivity contribution in [3.8, 4) is 0 Å². The van der Waals surface area contributed by atoms with Crippen LogP contribution in [0.1, 0.15) is 53.9 Å². The van der Waals surface area contributed by atoms with E-state index in [4.69, 9.17) is 14.2 Å². The van der Waals surface area contributed by atoms with Gasteiger partial charge in [-0.1, -0.05) is 20.8 Å². The van der Waals surface area contributed by atoms with Gasteiger partial charge in [-0.3, -0.25) is 9.59 Å². The highest BCUT2D eigenvalue weighted by atomic mass is 16.7. The molecule has 2 fully saturated rings. The highest BCUT2D eigenvalue weighted by Gasteiger charge is 2.27. The fraction of sp³-hybridized carbons (Fsp3) is 0.882. The van der Waals surface area contributed by atoms with E-state index in [1.807, 2.05) is 20.8 Å². The summed E-state index contributed by atoms with van der Waals surface area (Å²) in [7, 11) is 1.50. The summed E-state index contributed by atoms with van der Waals surface area (Å²) in [4.78, 5) is 23.5. The smallest absolute Gasteiger partial charge is 0.325 e. The van der Waals surface area contributed by atoms with Crippen molar-refractivity contribution in [3.63, 3.8) is 0 Å². The second-order valence-corrected chi connectivity index (χ2v) is 4.91. The molecule has 0 spiro atoms. The van der Waals surface area contributed by atoms with Gasteiger partial charge in [-0.25, -0.2) is 0 Å². The van der Waals surface area contributed by atoms with Crippen LogP contribution in [0, 0.1) is 0 Å². The molecule has 2 N–H and O–H groups in total. The van der Waals surface area contributed by atoms with Gasteiger partial charge < -0.3 is 24.8 Å². The number of rotatable bonds is 4. The lowest BCUT2D eigenvalue weighted by Gasteiger charge is -2.18. The molecule has 24 heavy (non-hydrogen) atoms. The lowest BCUT2D eigenvalue weighted by Crippen LogP contribution is -2.31. The van der Waals surface area contributed by atoms with Crippen molar-refractivity contribution < 1.29 is 23.8 Å². The molecular formula is C17H36N2O5. The Morgan fingerprint density at radius 3 is 2.12 bits per heavy atom. The molecule has 2 heterocycles. The molecule has 0 aromatic heterocycles. The largest absolute Gasteiger partial charge is 0.465 e. The maximum Gasteiger partial charge on any atom is 0.325 e. The van der Waals surface area contributed by atoms with E-state index in [2.05, 4.69) is 12.7 Å². The normalized spacial score (nSPS) is 17.6. The maximum atomic E-state index is 11.0. The minimum absolute atomic E-state index is 0.0584. The van der Waals surface area contributed by atoms with E-state index in [1.165, 1.54) is 11.9 Å². The average Bonchev–Trinajstić information content (AvgIpc) is 3.22. The molecule has 0 aromatic carbocycles. The Morgan fingerprint density at radius 1 is 1.25 bits per heavy atom. The number of nitrogens with two attached hydrogens (primary N) is 1. The zero-order valence-corrected chi connectivity index (χ0v) is 16.2. The van der Waals surface area contributed by atoms with E-state index in [9.17, 15) is 9.59 Å². The SMILES string of the molecule is CC.CCC1(C)OCCO1.CCOC(=O)CN1CCCC1=O.CN. The molecule has 0 radical (unpaired) electrons. The topological polar surface area (TPSA) is 91.1 Å². The molecule has 2 aliphatic rings. The van der Waals surface area contributed by atoms with Crippen LogP contribution < -0.4 is 5.73 Å². The third-order valence-electron chi connectivity index (χ3n) is 3.34. The number of carbonyl (C=O) groups excluding carboxylic acids is 2. The highest BCUT2D eigenvalue weighted by Crippen LogP contribution is 2.21. The fourth-order valence-corrected chi connectivity index (χ4v) is 1.99. The molecule has 7 nitrogen and oxygen atoms in total. The Kier molecular flexibility index (Phi) is 16.0. The van der Waals surface area contributed by atoms with Gasteiger partial charge in [0.25, 0.3) is 0 Å². The van der Waals surface area contributed by atoms with Gasteiger partial charge in [-0.05, 0) is 33.7 Å². The molecule has 0 saturated carbocycles. The zero-order chi connectivity index (χ0) is 19.0. The van der Waals surface area contributed by atoms with Crippen LogP contribution in [0.25, 0.3) is 0 Å². The summed E-state index contributed by atoms with van der Waals surface area (Å²) in [5.41, 5.74) is 4.50. The first-order chi connectivity index (χ1) is 11.5. The Bertz CT molecular complexity index is 331. The van der Waals surface area contributed by atoms with Crippen molar-refractivity contribution in [2.24, 2.45) is 5.73 Å². The molecule has 144 valence electrons. The van der Waals surface area contributed by atoms with Crippen LogP contribution in [0.2, 0.25) is 0 Å². The van der Waals surface area contributed by atoms with Crippen molar-refractivity contribution in [2.45, 2.75) is 59.7 Å². The summed E-state index contributed by atoms with van der Waals surface area (Å²) in [6.07, 6.45) is 2.37. The third-order valence-corrected chi connectivity index (χ3v) is 3.34. The Morgan fingerprint density at radius 2 is 1.79 bits per heavy atom. The number of amides is 1. The number of ether oxygens (including phenoxy) is 3. The van der Waals surface area contributed by atoms with Gasteiger partial charge in [-0.2, -0.15) is 0 Å². The predicted molar refractivity (Wildman–Crippen MR) is 94.5 cm³/mol. The average molecular weight is 348 g/mol. The Labute approximate surface area is 146 Å². The van der Waals surface area contributed by atoms with E-state index in [0.29, 0.717) is 19.6 Å². The van der Waals surface area contributed by atoms with Gasteiger partial charge in [0.05, 0.1) is 19.8 Å². The molecule has 0 aliphatic carbocycles. The van der Waals surface area contributed by atoms with Crippen LogP contribution in [0.4, 0.5) is 0 Å². The summed E-state index contributed by atoms with van der Waals surface area (Å²) in [6.45, 7) is 12.5. The lowest BCUT2D eigenvalue weighted by molar-refractivity contribution is -0.147. The minimum atomic E-state index is -0.312. The van der Waals surface area contributed by atoms with E-state index in [0.717, 1.165) is 26.1 Å². The lowest BCUT2D eigenvalue weighted by atomic mass is 10.2. The van der Waals surface area contributed by atoms with Crippen LogP contribution in [0.5, 0.6) is 0 Å². The summed E-state index contributed by atoms with van der Waals surface area (Å²) in [5, 5.41) is 0. The maximum absolute atomic E-state index is 11.0. The van der Waals surface area contributed by atoms with Crippen molar-refractivity contribution in [3.05, 3.63) is 0 Å². The number of nitrogens with zero attached hydrogens (tertiary/aromatic N) is 1. The van der Waals surface area contributed by atoms with Gasteiger partial charge >= 0.3 is 5.97 Å². The molecule has 2 saturated heterocycles. The molecule has 1 amide bonds. The quantitative estimate of drug-likeness (QED) is 0.781. The summed E-state index contributed by atoms with van der Waals surface area (Å²) < 4.78 is 15.3. The van der Waals surface area contributed by atoms with Crippen molar-refractivity contribution in [1.82, 2.24) is 4.90 Å². The van der Waals surface area contributed by atoms with Gasteiger partial charge in [0, 0.05) is 13.0 Å². The van der Waals surface area contributed by atoms with Crippen LogP contribution >= 0.6 is 0 Å². The number of esters is 1. The van der Waals surface area contributed by atoms with Crippen molar-refractivity contribution >= 4 is 11.9 Å². The van der Waals surface area contributed by atoms with Gasteiger partial charge in [0.1, 0.15) is 6.54 Å². The summed E-state index contributed by atoms with van der Waals surface area (Å²) >= 11 is 0.